The molecule has 0 bridgehead atoms. The minimum Gasteiger partial charge on any atom is -0.496 e. The number of carboxylic acid groups (broad SMARTS) is 1. The first kappa shape index (κ1) is 13.5. The third-order valence-corrected chi connectivity index (χ3v) is 3.43. The van der Waals surface area contributed by atoms with Crippen molar-refractivity contribution in [3.8, 4) is 17.1 Å². The molecule has 5 heteroatoms. The Hall–Kier alpha value is -2.46. The number of hydrogen-bond donors (Lipinski definition) is 1. The topological polar surface area (TPSA) is 59.7 Å². The Morgan fingerprint density at radius 3 is 2.71 bits per heavy atom. The van der Waals surface area contributed by atoms with Crippen molar-refractivity contribution in [2.75, 3.05) is 7.11 Å². The van der Waals surface area contributed by atoms with Crippen LogP contribution in [0.5, 0.6) is 5.75 Å². The highest BCUT2D eigenvalue weighted by Gasteiger charge is 2.14. The smallest absolute Gasteiger partial charge is 0.335 e. The zero-order valence-electron chi connectivity index (χ0n) is 11.1. The monoisotopic (exact) mass is 302 g/mol. The molecular formula is C16H11ClO4. The molecule has 0 atom stereocenters. The second kappa shape index (κ2) is 5.14. The fourth-order valence-electron chi connectivity index (χ4n) is 2.18. The molecule has 0 radical (unpaired) electrons. The van der Waals surface area contributed by atoms with Crippen molar-refractivity contribution >= 4 is 28.5 Å². The molecule has 4 nitrogen and oxygen atoms in total. The average Bonchev–Trinajstić information content (AvgIpc) is 2.89. The number of hydrogen-bond acceptors (Lipinski definition) is 3. The van der Waals surface area contributed by atoms with Crippen LogP contribution >= 0.6 is 11.6 Å². The fourth-order valence-corrected chi connectivity index (χ4v) is 2.36. The van der Waals surface area contributed by atoms with Crippen molar-refractivity contribution in [1.29, 1.82) is 0 Å². The van der Waals surface area contributed by atoms with Gasteiger partial charge in [0.05, 0.1) is 18.2 Å². The van der Waals surface area contributed by atoms with Gasteiger partial charge in [0.15, 0.2) is 0 Å². The van der Waals surface area contributed by atoms with E-state index in [1.54, 1.807) is 24.3 Å². The number of aromatic carboxylic acids is 1. The Bertz CT molecular complexity index is 835. The third-order valence-electron chi connectivity index (χ3n) is 3.19. The molecule has 1 N–H and O–H groups in total. The maximum Gasteiger partial charge on any atom is 0.335 e. The molecule has 3 aromatic rings. The molecule has 0 fully saturated rings. The van der Waals surface area contributed by atoms with Crippen molar-refractivity contribution in [1.82, 2.24) is 0 Å². The average molecular weight is 303 g/mol. The van der Waals surface area contributed by atoms with E-state index in [0.29, 0.717) is 27.7 Å². The summed E-state index contributed by atoms with van der Waals surface area (Å²) in [6.07, 6.45) is 0. The summed E-state index contributed by atoms with van der Waals surface area (Å²) < 4.78 is 11.0. The SMILES string of the molecule is COc1ccc(C(=O)O)cc1-c1cc2cc(Cl)ccc2o1. The van der Waals surface area contributed by atoms with Crippen LogP contribution in [0.2, 0.25) is 5.02 Å². The molecule has 0 aliphatic heterocycles. The molecule has 106 valence electrons. The van der Waals surface area contributed by atoms with Gasteiger partial charge in [-0.05, 0) is 42.5 Å². The van der Waals surface area contributed by atoms with Crippen LogP contribution in [0.25, 0.3) is 22.3 Å². The molecule has 0 aliphatic rings. The Balaban J connectivity index is 2.20. The first-order chi connectivity index (χ1) is 10.1. The lowest BCUT2D eigenvalue weighted by Crippen LogP contribution is -1.97. The van der Waals surface area contributed by atoms with Gasteiger partial charge in [-0.15, -0.1) is 0 Å². The lowest BCUT2D eigenvalue weighted by Gasteiger charge is -2.06. The highest BCUT2D eigenvalue weighted by molar-refractivity contribution is 6.31. The molecule has 0 saturated carbocycles. The predicted octanol–water partition coefficient (Wildman–Crippen LogP) is 4.46. The van der Waals surface area contributed by atoms with Gasteiger partial charge in [-0.3, -0.25) is 0 Å². The van der Waals surface area contributed by atoms with E-state index in [-0.39, 0.29) is 5.56 Å². The fraction of sp³-hybridized carbons (Fsp3) is 0.0625. The van der Waals surface area contributed by atoms with Crippen molar-refractivity contribution in [2.24, 2.45) is 0 Å². The van der Waals surface area contributed by atoms with Gasteiger partial charge >= 0.3 is 5.97 Å². The van der Waals surface area contributed by atoms with Crippen LogP contribution in [-0.4, -0.2) is 18.2 Å². The Morgan fingerprint density at radius 1 is 1.19 bits per heavy atom. The molecular weight excluding hydrogens is 292 g/mol. The number of halogens is 1. The molecule has 0 amide bonds. The number of furan rings is 1. The van der Waals surface area contributed by atoms with Gasteiger partial charge in [-0.2, -0.15) is 0 Å². The van der Waals surface area contributed by atoms with Gasteiger partial charge in [0.1, 0.15) is 17.1 Å². The number of methoxy groups -OCH3 is 1. The number of rotatable bonds is 3. The summed E-state index contributed by atoms with van der Waals surface area (Å²) in [5.74, 6) is 0.0791. The molecule has 1 aromatic heterocycles. The number of carbonyl (C=O) groups is 1. The van der Waals surface area contributed by atoms with Crippen LogP contribution < -0.4 is 4.74 Å². The zero-order valence-corrected chi connectivity index (χ0v) is 11.8. The largest absolute Gasteiger partial charge is 0.496 e. The summed E-state index contributed by atoms with van der Waals surface area (Å²) >= 11 is 5.96. The highest BCUT2D eigenvalue weighted by Crippen LogP contribution is 2.35. The summed E-state index contributed by atoms with van der Waals surface area (Å²) in [7, 11) is 1.53. The van der Waals surface area contributed by atoms with E-state index < -0.39 is 5.97 Å². The summed E-state index contributed by atoms with van der Waals surface area (Å²) in [6.45, 7) is 0. The van der Waals surface area contributed by atoms with E-state index in [1.807, 2.05) is 6.07 Å². The van der Waals surface area contributed by atoms with Gasteiger partial charge in [0, 0.05) is 10.4 Å². The van der Waals surface area contributed by atoms with E-state index in [9.17, 15) is 4.79 Å². The van der Waals surface area contributed by atoms with Gasteiger partial charge in [-0.25, -0.2) is 4.79 Å². The van der Waals surface area contributed by atoms with Crippen LogP contribution in [0.15, 0.2) is 46.9 Å². The Labute approximate surface area is 125 Å². The maximum absolute atomic E-state index is 11.1. The Morgan fingerprint density at radius 2 is 2.00 bits per heavy atom. The molecule has 1 heterocycles. The van der Waals surface area contributed by atoms with Crippen molar-refractivity contribution in [3.63, 3.8) is 0 Å². The normalized spacial score (nSPS) is 10.8. The molecule has 0 spiro atoms. The summed E-state index contributed by atoms with van der Waals surface area (Å²) in [5, 5.41) is 10.6. The molecule has 0 unspecified atom stereocenters. The van der Waals surface area contributed by atoms with Crippen molar-refractivity contribution < 1.29 is 19.1 Å². The summed E-state index contributed by atoms with van der Waals surface area (Å²) in [4.78, 5) is 11.1. The standard InChI is InChI=1S/C16H11ClO4/c1-20-14-4-2-9(16(18)19)7-12(14)15-8-10-6-11(17)3-5-13(10)21-15/h2-8H,1H3,(H,18,19). The minimum atomic E-state index is -1.00. The van der Waals surface area contributed by atoms with E-state index in [0.717, 1.165) is 5.39 Å². The molecule has 3 rings (SSSR count). The second-order valence-corrected chi connectivity index (χ2v) is 4.95. The van der Waals surface area contributed by atoms with Crippen LogP contribution in [0, 0.1) is 0 Å². The predicted molar refractivity (Wildman–Crippen MR) is 80.2 cm³/mol. The highest BCUT2D eigenvalue weighted by atomic mass is 35.5. The molecule has 0 aliphatic carbocycles. The van der Waals surface area contributed by atoms with E-state index in [1.165, 1.54) is 19.2 Å². The first-order valence-corrected chi connectivity index (χ1v) is 6.57. The Kier molecular flexibility index (Phi) is 3.31. The number of carboxylic acids is 1. The maximum atomic E-state index is 11.1. The third kappa shape index (κ3) is 2.45. The van der Waals surface area contributed by atoms with Gasteiger partial charge in [0.25, 0.3) is 0 Å². The van der Waals surface area contributed by atoms with Gasteiger partial charge in [0.2, 0.25) is 0 Å². The second-order valence-electron chi connectivity index (χ2n) is 4.51. The number of fused-ring (bicyclic) bond motifs is 1. The van der Waals surface area contributed by atoms with Crippen LogP contribution in [0.3, 0.4) is 0 Å². The van der Waals surface area contributed by atoms with E-state index in [2.05, 4.69) is 0 Å². The van der Waals surface area contributed by atoms with E-state index in [4.69, 9.17) is 25.9 Å². The molecule has 2 aromatic carbocycles. The number of benzene rings is 2. The summed E-state index contributed by atoms with van der Waals surface area (Å²) in [5.41, 5.74) is 1.44. The number of ether oxygens (including phenoxy) is 1. The lowest BCUT2D eigenvalue weighted by atomic mass is 10.1. The summed E-state index contributed by atoms with van der Waals surface area (Å²) in [6, 6.07) is 11.7. The van der Waals surface area contributed by atoms with Crippen molar-refractivity contribution in [2.45, 2.75) is 0 Å². The molecule has 21 heavy (non-hydrogen) atoms. The van der Waals surface area contributed by atoms with Gasteiger partial charge < -0.3 is 14.3 Å². The lowest BCUT2D eigenvalue weighted by molar-refractivity contribution is 0.0697. The van der Waals surface area contributed by atoms with Crippen LogP contribution in [-0.2, 0) is 0 Å². The first-order valence-electron chi connectivity index (χ1n) is 6.19. The van der Waals surface area contributed by atoms with Crippen molar-refractivity contribution in [3.05, 3.63) is 53.1 Å². The molecule has 0 saturated heterocycles. The minimum absolute atomic E-state index is 0.171. The quantitative estimate of drug-likeness (QED) is 0.776. The van der Waals surface area contributed by atoms with Crippen LogP contribution in [0.4, 0.5) is 0 Å². The zero-order chi connectivity index (χ0) is 15.0. The van der Waals surface area contributed by atoms with Gasteiger partial charge in [-0.1, -0.05) is 11.6 Å². The van der Waals surface area contributed by atoms with Crippen LogP contribution in [0.1, 0.15) is 10.4 Å². The van der Waals surface area contributed by atoms with E-state index >= 15 is 0 Å².